The molecule has 1 aliphatic rings. The highest BCUT2D eigenvalue weighted by Gasteiger charge is 2.37. The Hall–Kier alpha value is -2.91. The fourth-order valence-electron chi connectivity index (χ4n) is 4.87. The first-order chi connectivity index (χ1) is 15.0. The fourth-order valence-corrected chi connectivity index (χ4v) is 4.87. The van der Waals surface area contributed by atoms with Crippen LogP contribution in [-0.4, -0.2) is 35.6 Å². The first-order valence-corrected chi connectivity index (χ1v) is 11.1. The largest absolute Gasteiger partial charge is 0.396 e. The Labute approximate surface area is 185 Å². The molecule has 1 N–H and O–H groups in total. The number of carbonyl (C=O) groups excluding carboxylic acids is 1. The van der Waals surface area contributed by atoms with Gasteiger partial charge in [-0.25, -0.2) is 0 Å². The first kappa shape index (κ1) is 21.3. The van der Waals surface area contributed by atoms with Crippen molar-refractivity contribution in [3.8, 4) is 11.1 Å². The minimum Gasteiger partial charge on any atom is -0.396 e. The van der Waals surface area contributed by atoms with Crippen molar-refractivity contribution < 1.29 is 9.90 Å². The SMILES string of the molecule is Cc1ccccc1CC1(CO)CCCN(C(=O)c2ccccc2-c2ccccc2C)C1. The van der Waals surface area contributed by atoms with Gasteiger partial charge in [0.15, 0.2) is 0 Å². The summed E-state index contributed by atoms with van der Waals surface area (Å²) < 4.78 is 0. The van der Waals surface area contributed by atoms with Crippen LogP contribution in [0.1, 0.15) is 39.9 Å². The first-order valence-electron chi connectivity index (χ1n) is 11.1. The Balaban J connectivity index is 1.63. The van der Waals surface area contributed by atoms with Crippen LogP contribution in [0.2, 0.25) is 0 Å². The molecule has 31 heavy (non-hydrogen) atoms. The minimum atomic E-state index is -0.294. The highest BCUT2D eigenvalue weighted by Crippen LogP contribution is 2.36. The lowest BCUT2D eigenvalue weighted by molar-refractivity contribution is 0.0271. The summed E-state index contributed by atoms with van der Waals surface area (Å²) in [5, 5.41) is 10.4. The monoisotopic (exact) mass is 413 g/mol. The van der Waals surface area contributed by atoms with E-state index in [4.69, 9.17) is 0 Å². The van der Waals surface area contributed by atoms with Gasteiger partial charge >= 0.3 is 0 Å². The summed E-state index contributed by atoms with van der Waals surface area (Å²) in [5.41, 5.74) is 6.17. The Bertz CT molecular complexity index is 1070. The molecule has 3 aromatic carbocycles. The second-order valence-corrected chi connectivity index (χ2v) is 8.95. The zero-order valence-corrected chi connectivity index (χ0v) is 18.5. The molecule has 0 bridgehead atoms. The Morgan fingerprint density at radius 1 is 0.903 bits per heavy atom. The molecule has 1 aliphatic heterocycles. The van der Waals surface area contributed by atoms with Crippen molar-refractivity contribution in [1.29, 1.82) is 0 Å². The van der Waals surface area contributed by atoms with Crippen molar-refractivity contribution in [2.24, 2.45) is 5.41 Å². The second kappa shape index (κ2) is 9.07. The van der Waals surface area contributed by atoms with Gasteiger partial charge in [0, 0.05) is 24.1 Å². The number of nitrogens with zero attached hydrogens (tertiary/aromatic N) is 1. The van der Waals surface area contributed by atoms with Crippen molar-refractivity contribution in [3.05, 3.63) is 95.1 Å². The summed E-state index contributed by atoms with van der Waals surface area (Å²) in [5.74, 6) is 0.0566. The number of rotatable bonds is 5. The van der Waals surface area contributed by atoms with Gasteiger partial charge in [-0.2, -0.15) is 0 Å². The van der Waals surface area contributed by atoms with Gasteiger partial charge in [-0.15, -0.1) is 0 Å². The highest BCUT2D eigenvalue weighted by molar-refractivity contribution is 6.01. The van der Waals surface area contributed by atoms with Gasteiger partial charge in [-0.1, -0.05) is 66.7 Å². The lowest BCUT2D eigenvalue weighted by atomic mass is 9.75. The van der Waals surface area contributed by atoms with E-state index in [9.17, 15) is 9.90 Å². The Morgan fingerprint density at radius 3 is 2.26 bits per heavy atom. The molecule has 1 atom stereocenters. The molecule has 0 aliphatic carbocycles. The van der Waals surface area contributed by atoms with Crippen LogP contribution in [0, 0.1) is 19.3 Å². The van der Waals surface area contributed by atoms with Crippen LogP contribution >= 0.6 is 0 Å². The smallest absolute Gasteiger partial charge is 0.254 e. The normalized spacial score (nSPS) is 18.7. The van der Waals surface area contributed by atoms with Crippen molar-refractivity contribution >= 4 is 5.91 Å². The zero-order valence-electron chi connectivity index (χ0n) is 18.5. The summed E-state index contributed by atoms with van der Waals surface area (Å²) in [6, 6.07) is 24.4. The summed E-state index contributed by atoms with van der Waals surface area (Å²) in [7, 11) is 0. The lowest BCUT2D eigenvalue weighted by Gasteiger charge is -2.42. The molecule has 1 fully saturated rings. The molecule has 3 heteroatoms. The number of benzene rings is 3. The van der Waals surface area contributed by atoms with Crippen molar-refractivity contribution in [3.63, 3.8) is 0 Å². The molecule has 0 spiro atoms. The number of piperidine rings is 1. The molecular weight excluding hydrogens is 382 g/mol. The molecule has 1 amide bonds. The Kier molecular flexibility index (Phi) is 6.24. The van der Waals surface area contributed by atoms with Crippen LogP contribution in [0.15, 0.2) is 72.8 Å². The maximum Gasteiger partial charge on any atom is 0.254 e. The van der Waals surface area contributed by atoms with E-state index in [1.54, 1.807) is 0 Å². The Morgan fingerprint density at radius 2 is 1.55 bits per heavy atom. The average molecular weight is 414 g/mol. The third-order valence-electron chi connectivity index (χ3n) is 6.70. The van der Waals surface area contributed by atoms with Crippen LogP contribution in [0.5, 0.6) is 0 Å². The minimum absolute atomic E-state index is 0.0566. The van der Waals surface area contributed by atoms with Gasteiger partial charge in [0.25, 0.3) is 5.91 Å². The molecule has 1 unspecified atom stereocenters. The number of likely N-dealkylation sites (tertiary alicyclic amines) is 1. The molecule has 3 nitrogen and oxygen atoms in total. The fraction of sp³-hybridized carbons (Fsp3) is 0.321. The number of aryl methyl sites for hydroxylation is 2. The number of carbonyl (C=O) groups is 1. The average Bonchev–Trinajstić information content (AvgIpc) is 2.81. The highest BCUT2D eigenvalue weighted by atomic mass is 16.3. The van der Waals surface area contributed by atoms with Crippen molar-refractivity contribution in [2.75, 3.05) is 19.7 Å². The standard InChI is InChI=1S/C28H31NO2/c1-21-10-3-5-12-23(21)18-28(20-30)16-9-17-29(19-28)27(31)26-15-8-7-14-25(26)24-13-6-4-11-22(24)2/h3-8,10-15,30H,9,16-20H2,1-2H3. The summed E-state index contributed by atoms with van der Waals surface area (Å²) >= 11 is 0. The second-order valence-electron chi connectivity index (χ2n) is 8.95. The van der Waals surface area contributed by atoms with Gasteiger partial charge in [0.2, 0.25) is 0 Å². The zero-order chi connectivity index (χ0) is 21.8. The molecular formula is C28H31NO2. The van der Waals surface area contributed by atoms with E-state index in [-0.39, 0.29) is 17.9 Å². The van der Waals surface area contributed by atoms with Crippen molar-refractivity contribution in [1.82, 2.24) is 4.90 Å². The van der Waals surface area contributed by atoms with Gasteiger partial charge in [-0.3, -0.25) is 4.79 Å². The third-order valence-corrected chi connectivity index (χ3v) is 6.70. The number of aliphatic hydroxyl groups is 1. The van der Waals surface area contributed by atoms with E-state index in [0.717, 1.165) is 48.1 Å². The lowest BCUT2D eigenvalue weighted by Crippen LogP contribution is -2.49. The predicted octanol–water partition coefficient (Wildman–Crippen LogP) is 5.43. The van der Waals surface area contributed by atoms with Gasteiger partial charge in [0.05, 0.1) is 6.61 Å². The summed E-state index contributed by atoms with van der Waals surface area (Å²) in [4.78, 5) is 15.6. The number of hydrogen-bond acceptors (Lipinski definition) is 2. The summed E-state index contributed by atoms with van der Waals surface area (Å²) in [6.45, 7) is 5.60. The van der Waals surface area contributed by atoms with Gasteiger partial charge in [0.1, 0.15) is 0 Å². The summed E-state index contributed by atoms with van der Waals surface area (Å²) in [6.07, 6.45) is 2.63. The van der Waals surface area contributed by atoms with E-state index in [1.165, 1.54) is 11.1 Å². The number of aliphatic hydroxyl groups excluding tert-OH is 1. The maximum absolute atomic E-state index is 13.7. The van der Waals surface area contributed by atoms with Crippen LogP contribution in [0.25, 0.3) is 11.1 Å². The van der Waals surface area contributed by atoms with Crippen LogP contribution in [-0.2, 0) is 6.42 Å². The predicted molar refractivity (Wildman–Crippen MR) is 126 cm³/mol. The van der Waals surface area contributed by atoms with E-state index in [1.807, 2.05) is 47.4 Å². The van der Waals surface area contributed by atoms with Crippen LogP contribution < -0.4 is 0 Å². The van der Waals surface area contributed by atoms with E-state index in [0.29, 0.717) is 6.54 Å². The maximum atomic E-state index is 13.7. The quantitative estimate of drug-likeness (QED) is 0.606. The molecule has 4 rings (SSSR count). The molecule has 3 aromatic rings. The van der Waals surface area contributed by atoms with Crippen molar-refractivity contribution in [2.45, 2.75) is 33.1 Å². The molecule has 0 aromatic heterocycles. The van der Waals surface area contributed by atoms with E-state index in [2.05, 4.69) is 44.2 Å². The van der Waals surface area contributed by atoms with E-state index < -0.39 is 0 Å². The van der Waals surface area contributed by atoms with Gasteiger partial charge < -0.3 is 10.0 Å². The van der Waals surface area contributed by atoms with Gasteiger partial charge in [-0.05, 0) is 67.0 Å². The molecule has 1 saturated heterocycles. The molecule has 0 radical (unpaired) electrons. The topological polar surface area (TPSA) is 40.5 Å². The number of amides is 1. The van der Waals surface area contributed by atoms with E-state index >= 15 is 0 Å². The number of hydrogen-bond donors (Lipinski definition) is 1. The molecule has 0 saturated carbocycles. The van der Waals surface area contributed by atoms with Crippen LogP contribution in [0.3, 0.4) is 0 Å². The molecule has 1 heterocycles. The van der Waals surface area contributed by atoms with Crippen LogP contribution in [0.4, 0.5) is 0 Å². The molecule has 160 valence electrons. The third kappa shape index (κ3) is 4.42.